The van der Waals surface area contributed by atoms with Gasteiger partial charge < -0.3 is 25.4 Å². The van der Waals surface area contributed by atoms with Crippen molar-refractivity contribution in [2.24, 2.45) is 4.99 Å². The standard InChI is InChI=1S/C25H36N4O2/c1-21(23-11-7-4-8-12-23)29-25(13-16-30-17-14-25)20-28-24(26-2)27-15-18-31-19-22-9-5-3-6-10-22/h3-12,21,29H,13-20H2,1-2H3,(H2,26,27,28). The van der Waals surface area contributed by atoms with Gasteiger partial charge in [0.2, 0.25) is 0 Å². The zero-order chi connectivity index (χ0) is 21.8. The predicted octanol–water partition coefficient (Wildman–Crippen LogP) is 3.27. The largest absolute Gasteiger partial charge is 0.381 e. The normalized spacial score (nSPS) is 17.2. The summed E-state index contributed by atoms with van der Waals surface area (Å²) in [4.78, 5) is 4.38. The molecule has 1 saturated heterocycles. The fourth-order valence-corrected chi connectivity index (χ4v) is 3.90. The number of hydrogen-bond acceptors (Lipinski definition) is 4. The lowest BCUT2D eigenvalue weighted by Crippen LogP contribution is -2.58. The Bertz CT molecular complexity index is 777. The molecule has 0 saturated carbocycles. The molecule has 0 radical (unpaired) electrons. The van der Waals surface area contributed by atoms with Gasteiger partial charge in [0.15, 0.2) is 5.96 Å². The van der Waals surface area contributed by atoms with Crippen molar-refractivity contribution in [2.45, 2.75) is 38.0 Å². The van der Waals surface area contributed by atoms with Crippen molar-refractivity contribution < 1.29 is 9.47 Å². The molecular weight excluding hydrogens is 388 g/mol. The Morgan fingerprint density at radius 1 is 1.03 bits per heavy atom. The summed E-state index contributed by atoms with van der Waals surface area (Å²) in [5.41, 5.74) is 2.45. The summed E-state index contributed by atoms with van der Waals surface area (Å²) in [5, 5.41) is 10.7. The zero-order valence-electron chi connectivity index (χ0n) is 18.8. The van der Waals surface area contributed by atoms with Crippen LogP contribution in [0.15, 0.2) is 65.7 Å². The van der Waals surface area contributed by atoms with E-state index in [9.17, 15) is 0 Å². The summed E-state index contributed by atoms with van der Waals surface area (Å²) >= 11 is 0. The molecule has 168 valence electrons. The Hall–Kier alpha value is -2.41. The monoisotopic (exact) mass is 424 g/mol. The van der Waals surface area contributed by atoms with Gasteiger partial charge in [-0.15, -0.1) is 0 Å². The quantitative estimate of drug-likeness (QED) is 0.310. The second-order valence-corrected chi connectivity index (χ2v) is 8.06. The van der Waals surface area contributed by atoms with Crippen molar-refractivity contribution in [1.82, 2.24) is 16.0 Å². The van der Waals surface area contributed by atoms with Crippen molar-refractivity contribution in [1.29, 1.82) is 0 Å². The van der Waals surface area contributed by atoms with Gasteiger partial charge in [0.05, 0.1) is 13.2 Å². The number of benzene rings is 2. The molecule has 2 aromatic carbocycles. The molecule has 3 rings (SSSR count). The molecule has 0 aromatic heterocycles. The Morgan fingerprint density at radius 3 is 2.39 bits per heavy atom. The summed E-state index contributed by atoms with van der Waals surface area (Å²) in [7, 11) is 1.80. The number of ether oxygens (including phenoxy) is 2. The van der Waals surface area contributed by atoms with Gasteiger partial charge in [-0.2, -0.15) is 0 Å². The van der Waals surface area contributed by atoms with Crippen molar-refractivity contribution in [3.63, 3.8) is 0 Å². The van der Waals surface area contributed by atoms with E-state index in [4.69, 9.17) is 9.47 Å². The molecule has 1 heterocycles. The van der Waals surface area contributed by atoms with E-state index in [2.05, 4.69) is 70.3 Å². The zero-order valence-corrected chi connectivity index (χ0v) is 18.8. The van der Waals surface area contributed by atoms with E-state index in [1.54, 1.807) is 7.05 Å². The number of nitrogens with zero attached hydrogens (tertiary/aromatic N) is 1. The van der Waals surface area contributed by atoms with E-state index in [1.807, 2.05) is 18.2 Å². The Morgan fingerprint density at radius 2 is 1.71 bits per heavy atom. The molecule has 0 bridgehead atoms. The first-order valence-electron chi connectivity index (χ1n) is 11.2. The Balaban J connectivity index is 1.45. The minimum absolute atomic E-state index is 0.0328. The van der Waals surface area contributed by atoms with Crippen LogP contribution in [0.2, 0.25) is 0 Å². The SMILES string of the molecule is CN=C(NCCOCc1ccccc1)NCC1(NC(C)c2ccccc2)CCOCC1. The second kappa shape index (κ2) is 12.4. The maximum atomic E-state index is 5.76. The average Bonchev–Trinajstić information content (AvgIpc) is 2.82. The third kappa shape index (κ3) is 7.65. The van der Waals surface area contributed by atoms with Crippen LogP contribution in [0.4, 0.5) is 0 Å². The molecule has 0 spiro atoms. The minimum atomic E-state index is -0.0328. The summed E-state index contributed by atoms with van der Waals surface area (Å²) in [5.74, 6) is 0.795. The summed E-state index contributed by atoms with van der Waals surface area (Å²) in [6.07, 6.45) is 1.93. The maximum absolute atomic E-state index is 5.76. The van der Waals surface area contributed by atoms with Crippen molar-refractivity contribution >= 4 is 5.96 Å². The van der Waals surface area contributed by atoms with E-state index in [0.29, 0.717) is 19.8 Å². The van der Waals surface area contributed by atoms with Crippen LogP contribution in [0.5, 0.6) is 0 Å². The first-order valence-corrected chi connectivity index (χ1v) is 11.2. The van der Waals surface area contributed by atoms with Crippen LogP contribution in [-0.4, -0.2) is 51.5 Å². The highest BCUT2D eigenvalue weighted by Crippen LogP contribution is 2.25. The molecule has 6 heteroatoms. The first kappa shape index (κ1) is 23.3. The van der Waals surface area contributed by atoms with Crippen molar-refractivity contribution in [2.75, 3.05) is 40.0 Å². The van der Waals surface area contributed by atoms with Gasteiger partial charge in [-0.25, -0.2) is 0 Å². The van der Waals surface area contributed by atoms with Gasteiger partial charge in [0.1, 0.15) is 0 Å². The van der Waals surface area contributed by atoms with Gasteiger partial charge in [-0.1, -0.05) is 60.7 Å². The molecule has 1 atom stereocenters. The van der Waals surface area contributed by atoms with Crippen LogP contribution < -0.4 is 16.0 Å². The molecule has 3 N–H and O–H groups in total. The van der Waals surface area contributed by atoms with E-state index >= 15 is 0 Å². The molecule has 1 aliphatic rings. The van der Waals surface area contributed by atoms with Gasteiger partial charge in [0.25, 0.3) is 0 Å². The van der Waals surface area contributed by atoms with Crippen LogP contribution in [0.1, 0.15) is 36.9 Å². The molecule has 1 fully saturated rings. The lowest BCUT2D eigenvalue weighted by atomic mass is 9.88. The van der Waals surface area contributed by atoms with Crippen LogP contribution >= 0.6 is 0 Å². The number of rotatable bonds is 10. The highest BCUT2D eigenvalue weighted by atomic mass is 16.5. The van der Waals surface area contributed by atoms with Crippen LogP contribution in [0, 0.1) is 0 Å². The molecule has 2 aromatic rings. The van der Waals surface area contributed by atoms with E-state index in [0.717, 1.165) is 38.6 Å². The predicted molar refractivity (Wildman–Crippen MR) is 126 cm³/mol. The van der Waals surface area contributed by atoms with Gasteiger partial charge in [-0.3, -0.25) is 4.99 Å². The highest BCUT2D eigenvalue weighted by molar-refractivity contribution is 5.79. The van der Waals surface area contributed by atoms with Crippen molar-refractivity contribution in [3.05, 3.63) is 71.8 Å². The van der Waals surface area contributed by atoms with Crippen LogP contribution in [0.25, 0.3) is 0 Å². The molecule has 0 amide bonds. The lowest BCUT2D eigenvalue weighted by molar-refractivity contribution is 0.0354. The maximum Gasteiger partial charge on any atom is 0.191 e. The number of nitrogens with one attached hydrogen (secondary N) is 3. The summed E-state index contributed by atoms with van der Waals surface area (Å²) in [6.45, 7) is 6.51. The van der Waals surface area contributed by atoms with Crippen LogP contribution in [0.3, 0.4) is 0 Å². The molecule has 1 aliphatic heterocycles. The lowest BCUT2D eigenvalue weighted by Gasteiger charge is -2.41. The molecule has 6 nitrogen and oxygen atoms in total. The number of guanidine groups is 1. The molecule has 1 unspecified atom stereocenters. The number of aliphatic imine (C=N–C) groups is 1. The third-order valence-corrected chi connectivity index (χ3v) is 5.74. The second-order valence-electron chi connectivity index (χ2n) is 8.06. The van der Waals surface area contributed by atoms with Crippen molar-refractivity contribution in [3.8, 4) is 0 Å². The minimum Gasteiger partial charge on any atom is -0.381 e. The third-order valence-electron chi connectivity index (χ3n) is 5.74. The molecular formula is C25H36N4O2. The molecule has 0 aliphatic carbocycles. The van der Waals surface area contributed by atoms with Gasteiger partial charge in [-0.05, 0) is 30.9 Å². The summed E-state index contributed by atoms with van der Waals surface area (Å²) < 4.78 is 11.4. The topological polar surface area (TPSA) is 66.9 Å². The van der Waals surface area contributed by atoms with Gasteiger partial charge >= 0.3 is 0 Å². The number of hydrogen-bond donors (Lipinski definition) is 3. The smallest absolute Gasteiger partial charge is 0.191 e. The first-order chi connectivity index (χ1) is 15.2. The van der Waals surface area contributed by atoms with E-state index in [-0.39, 0.29) is 11.6 Å². The fourth-order valence-electron chi connectivity index (χ4n) is 3.90. The Labute approximate surface area is 186 Å². The van der Waals surface area contributed by atoms with Crippen LogP contribution in [-0.2, 0) is 16.1 Å². The summed E-state index contributed by atoms with van der Waals surface area (Å²) in [6, 6.07) is 21.1. The average molecular weight is 425 g/mol. The molecule has 31 heavy (non-hydrogen) atoms. The highest BCUT2D eigenvalue weighted by Gasteiger charge is 2.34. The van der Waals surface area contributed by atoms with E-state index in [1.165, 1.54) is 11.1 Å². The Kier molecular flexibility index (Phi) is 9.34. The fraction of sp³-hybridized carbons (Fsp3) is 0.480. The van der Waals surface area contributed by atoms with E-state index < -0.39 is 0 Å². The van der Waals surface area contributed by atoms with Gasteiger partial charge in [0, 0.05) is 44.9 Å².